The van der Waals surface area contributed by atoms with Crippen molar-refractivity contribution in [1.29, 1.82) is 0 Å². The van der Waals surface area contributed by atoms with Crippen LogP contribution >= 0.6 is 0 Å². The van der Waals surface area contributed by atoms with Crippen LogP contribution in [0.25, 0.3) is 10.9 Å². The SMILES string of the molecule is O=C1CC(c2c[nH]c3ccc(O)cc23)C(=O)N1. The van der Waals surface area contributed by atoms with E-state index in [9.17, 15) is 14.7 Å². The summed E-state index contributed by atoms with van der Waals surface area (Å²) in [7, 11) is 0. The Bertz CT molecular complexity index is 630. The van der Waals surface area contributed by atoms with E-state index in [1.165, 1.54) is 0 Å². The quantitative estimate of drug-likeness (QED) is 0.639. The van der Waals surface area contributed by atoms with Crippen molar-refractivity contribution >= 4 is 22.7 Å². The van der Waals surface area contributed by atoms with Gasteiger partial charge in [0.15, 0.2) is 0 Å². The van der Waals surface area contributed by atoms with Gasteiger partial charge in [-0.25, -0.2) is 0 Å². The number of carbonyl (C=O) groups excluding carboxylic acids is 2. The molecule has 0 spiro atoms. The van der Waals surface area contributed by atoms with Crippen molar-refractivity contribution in [3.05, 3.63) is 30.0 Å². The predicted molar refractivity (Wildman–Crippen MR) is 60.5 cm³/mol. The number of benzene rings is 1. The Morgan fingerprint density at radius 2 is 2.12 bits per heavy atom. The summed E-state index contributed by atoms with van der Waals surface area (Å²) in [5, 5.41) is 12.5. The van der Waals surface area contributed by atoms with Crippen LogP contribution in [0.3, 0.4) is 0 Å². The van der Waals surface area contributed by atoms with Gasteiger partial charge in [-0.15, -0.1) is 0 Å². The van der Waals surface area contributed by atoms with Crippen LogP contribution in [0, 0.1) is 0 Å². The van der Waals surface area contributed by atoms with Crippen LogP contribution in [0.15, 0.2) is 24.4 Å². The first-order valence-corrected chi connectivity index (χ1v) is 5.29. The molecule has 17 heavy (non-hydrogen) atoms. The Hall–Kier alpha value is -2.30. The number of amides is 2. The van der Waals surface area contributed by atoms with Crippen LogP contribution in [0.1, 0.15) is 17.9 Å². The molecular weight excluding hydrogens is 220 g/mol. The number of hydrogen-bond donors (Lipinski definition) is 3. The summed E-state index contributed by atoms with van der Waals surface area (Å²) in [4.78, 5) is 25.8. The molecular formula is C12H10N2O3. The minimum atomic E-state index is -0.460. The summed E-state index contributed by atoms with van der Waals surface area (Å²) in [6.45, 7) is 0. The van der Waals surface area contributed by atoms with Gasteiger partial charge in [0.25, 0.3) is 0 Å². The zero-order valence-corrected chi connectivity index (χ0v) is 8.86. The molecule has 1 aromatic heterocycles. The summed E-state index contributed by atoms with van der Waals surface area (Å²) < 4.78 is 0. The number of H-pyrrole nitrogens is 1. The fourth-order valence-electron chi connectivity index (χ4n) is 2.22. The molecule has 2 aromatic rings. The lowest BCUT2D eigenvalue weighted by Crippen LogP contribution is -2.21. The molecule has 1 atom stereocenters. The van der Waals surface area contributed by atoms with Gasteiger partial charge in [-0.1, -0.05) is 0 Å². The Balaban J connectivity index is 2.14. The Morgan fingerprint density at radius 3 is 2.82 bits per heavy atom. The van der Waals surface area contributed by atoms with E-state index in [2.05, 4.69) is 10.3 Å². The second kappa shape index (κ2) is 3.35. The summed E-state index contributed by atoms with van der Waals surface area (Å²) in [5.41, 5.74) is 1.59. The molecule has 1 fully saturated rings. The third kappa shape index (κ3) is 1.47. The van der Waals surface area contributed by atoms with Crippen LogP contribution in [-0.4, -0.2) is 21.9 Å². The summed E-state index contributed by atoms with van der Waals surface area (Å²) >= 11 is 0. The zero-order chi connectivity index (χ0) is 12.0. The van der Waals surface area contributed by atoms with E-state index in [1.54, 1.807) is 24.4 Å². The normalized spacial score (nSPS) is 19.9. The average Bonchev–Trinajstić information content (AvgIpc) is 2.81. The van der Waals surface area contributed by atoms with Gasteiger partial charge in [-0.05, 0) is 23.8 Å². The fourth-order valence-corrected chi connectivity index (χ4v) is 2.22. The average molecular weight is 230 g/mol. The van der Waals surface area contributed by atoms with E-state index < -0.39 is 5.92 Å². The van der Waals surface area contributed by atoms with Crippen molar-refractivity contribution in [2.45, 2.75) is 12.3 Å². The highest BCUT2D eigenvalue weighted by Gasteiger charge is 2.33. The molecule has 5 nitrogen and oxygen atoms in total. The van der Waals surface area contributed by atoms with Crippen molar-refractivity contribution in [3.63, 3.8) is 0 Å². The standard InChI is InChI=1S/C12H10N2O3/c15-6-1-2-10-7(3-6)9(5-13-10)8-4-11(16)14-12(8)17/h1-3,5,8,13,15H,4H2,(H,14,16,17). The summed E-state index contributed by atoms with van der Waals surface area (Å²) in [5.74, 6) is -0.852. The first-order chi connectivity index (χ1) is 8.15. The maximum atomic E-state index is 11.6. The minimum Gasteiger partial charge on any atom is -0.508 e. The highest BCUT2D eigenvalue weighted by atomic mass is 16.3. The topological polar surface area (TPSA) is 82.2 Å². The molecule has 1 aliphatic heterocycles. The maximum Gasteiger partial charge on any atom is 0.234 e. The van der Waals surface area contributed by atoms with Crippen LogP contribution in [0.4, 0.5) is 0 Å². The molecule has 5 heteroatoms. The van der Waals surface area contributed by atoms with Gasteiger partial charge in [0.2, 0.25) is 11.8 Å². The van der Waals surface area contributed by atoms with Crippen LogP contribution < -0.4 is 5.32 Å². The van der Waals surface area contributed by atoms with Gasteiger partial charge in [0.1, 0.15) is 5.75 Å². The number of aromatic hydroxyl groups is 1. The maximum absolute atomic E-state index is 11.6. The molecule has 0 radical (unpaired) electrons. The number of fused-ring (bicyclic) bond motifs is 1. The second-order valence-corrected chi connectivity index (χ2v) is 4.14. The number of hydrogen-bond acceptors (Lipinski definition) is 3. The number of nitrogens with one attached hydrogen (secondary N) is 2. The highest BCUT2D eigenvalue weighted by molar-refractivity contribution is 6.07. The minimum absolute atomic E-state index is 0.142. The predicted octanol–water partition coefficient (Wildman–Crippen LogP) is 1.00. The van der Waals surface area contributed by atoms with Gasteiger partial charge in [-0.2, -0.15) is 0 Å². The molecule has 1 aliphatic rings. The smallest absolute Gasteiger partial charge is 0.234 e. The number of aromatic nitrogens is 1. The first-order valence-electron chi connectivity index (χ1n) is 5.29. The molecule has 1 aromatic carbocycles. The van der Waals surface area contributed by atoms with Crippen molar-refractivity contribution in [3.8, 4) is 5.75 Å². The lowest BCUT2D eigenvalue weighted by molar-refractivity contribution is -0.125. The number of phenols is 1. The van der Waals surface area contributed by atoms with Crippen LogP contribution in [0.5, 0.6) is 5.75 Å². The number of imide groups is 1. The Morgan fingerprint density at radius 1 is 1.29 bits per heavy atom. The van der Waals surface area contributed by atoms with E-state index in [-0.39, 0.29) is 24.0 Å². The highest BCUT2D eigenvalue weighted by Crippen LogP contribution is 2.32. The number of phenolic OH excluding ortho intramolecular Hbond substituents is 1. The summed E-state index contributed by atoms with van der Waals surface area (Å²) in [6.07, 6.45) is 1.88. The summed E-state index contributed by atoms with van der Waals surface area (Å²) in [6, 6.07) is 4.91. The number of carbonyl (C=O) groups is 2. The van der Waals surface area contributed by atoms with Crippen molar-refractivity contribution in [2.75, 3.05) is 0 Å². The molecule has 3 N–H and O–H groups in total. The molecule has 2 amide bonds. The van der Waals surface area contributed by atoms with E-state index in [1.807, 2.05) is 0 Å². The van der Waals surface area contributed by atoms with E-state index in [0.717, 1.165) is 16.5 Å². The molecule has 2 heterocycles. The molecule has 3 rings (SSSR count). The van der Waals surface area contributed by atoms with Crippen molar-refractivity contribution < 1.29 is 14.7 Å². The van der Waals surface area contributed by atoms with Crippen molar-refractivity contribution in [2.24, 2.45) is 0 Å². The Labute approximate surface area is 96.4 Å². The van der Waals surface area contributed by atoms with Gasteiger partial charge >= 0.3 is 0 Å². The third-order valence-corrected chi connectivity index (χ3v) is 3.04. The van der Waals surface area contributed by atoms with E-state index >= 15 is 0 Å². The number of aromatic amines is 1. The number of rotatable bonds is 1. The lowest BCUT2D eigenvalue weighted by atomic mass is 9.97. The van der Waals surface area contributed by atoms with Crippen molar-refractivity contribution in [1.82, 2.24) is 10.3 Å². The lowest BCUT2D eigenvalue weighted by Gasteiger charge is -2.04. The fraction of sp³-hybridized carbons (Fsp3) is 0.167. The molecule has 1 unspecified atom stereocenters. The van der Waals surface area contributed by atoms with E-state index in [4.69, 9.17) is 0 Å². The monoisotopic (exact) mass is 230 g/mol. The molecule has 0 bridgehead atoms. The molecule has 0 aliphatic carbocycles. The largest absolute Gasteiger partial charge is 0.508 e. The van der Waals surface area contributed by atoms with Gasteiger partial charge < -0.3 is 10.1 Å². The second-order valence-electron chi connectivity index (χ2n) is 4.14. The molecule has 86 valence electrons. The zero-order valence-electron chi connectivity index (χ0n) is 8.86. The van der Waals surface area contributed by atoms with Crippen LogP contribution in [-0.2, 0) is 9.59 Å². The Kier molecular flexibility index (Phi) is 1.95. The third-order valence-electron chi connectivity index (χ3n) is 3.04. The molecule has 0 saturated carbocycles. The first kappa shape index (κ1) is 9.89. The van der Waals surface area contributed by atoms with Crippen LogP contribution in [0.2, 0.25) is 0 Å². The molecule has 1 saturated heterocycles. The van der Waals surface area contributed by atoms with Gasteiger partial charge in [0, 0.05) is 23.5 Å². The van der Waals surface area contributed by atoms with Gasteiger partial charge in [0.05, 0.1) is 5.92 Å². The van der Waals surface area contributed by atoms with E-state index in [0.29, 0.717) is 0 Å². The van der Waals surface area contributed by atoms with Gasteiger partial charge in [-0.3, -0.25) is 14.9 Å².